The van der Waals surface area contributed by atoms with E-state index in [1.807, 2.05) is 13.8 Å². The van der Waals surface area contributed by atoms with Gasteiger partial charge < -0.3 is 19.7 Å². The van der Waals surface area contributed by atoms with Crippen molar-refractivity contribution in [2.75, 3.05) is 6.61 Å². The van der Waals surface area contributed by atoms with Gasteiger partial charge in [-0.25, -0.2) is 0 Å². The molecule has 0 amide bonds. The lowest BCUT2D eigenvalue weighted by atomic mass is 10.0. The lowest BCUT2D eigenvalue weighted by molar-refractivity contribution is -0.167. The lowest BCUT2D eigenvalue weighted by Crippen LogP contribution is -2.28. The Bertz CT molecular complexity index is 216. The van der Waals surface area contributed by atoms with E-state index >= 15 is 0 Å². The maximum Gasteiger partial charge on any atom is 0.163 e. The summed E-state index contributed by atoms with van der Waals surface area (Å²) in [4.78, 5) is 0. The minimum absolute atomic E-state index is 0.0489. The Balaban J connectivity index is 2.07. The maximum atomic E-state index is 9.74. The molecule has 4 heteroatoms. The van der Waals surface area contributed by atoms with Crippen LogP contribution >= 0.6 is 0 Å². The fourth-order valence-corrected chi connectivity index (χ4v) is 2.51. The fraction of sp³-hybridized carbons (Fsp3) is 1.00. The summed E-state index contributed by atoms with van der Waals surface area (Å²) in [7, 11) is 0. The predicted molar refractivity (Wildman–Crippen MR) is 49.6 cm³/mol. The molecule has 82 valence electrons. The lowest BCUT2D eigenvalue weighted by Gasteiger charge is -2.21. The van der Waals surface area contributed by atoms with Crippen LogP contribution in [0.2, 0.25) is 0 Å². The van der Waals surface area contributed by atoms with Gasteiger partial charge in [0.1, 0.15) is 6.10 Å². The van der Waals surface area contributed by atoms with E-state index in [9.17, 15) is 5.11 Å². The number of rotatable bonds is 2. The summed E-state index contributed by atoms with van der Waals surface area (Å²) in [5, 5.41) is 18.6. The van der Waals surface area contributed by atoms with Gasteiger partial charge in [-0.05, 0) is 32.6 Å². The summed E-state index contributed by atoms with van der Waals surface area (Å²) in [6, 6.07) is 0. The first-order chi connectivity index (χ1) is 6.53. The second-order valence-corrected chi connectivity index (χ2v) is 4.64. The molecule has 0 aromatic rings. The van der Waals surface area contributed by atoms with E-state index in [0.717, 1.165) is 0 Å². The van der Waals surface area contributed by atoms with Crippen molar-refractivity contribution in [2.45, 2.75) is 50.8 Å². The molecule has 0 radical (unpaired) electrons. The number of aliphatic hydroxyl groups excluding tert-OH is 2. The number of fused-ring (bicyclic) bond motifs is 1. The Kier molecular flexibility index (Phi) is 2.55. The summed E-state index contributed by atoms with van der Waals surface area (Å²) >= 11 is 0. The second kappa shape index (κ2) is 3.45. The Morgan fingerprint density at radius 2 is 1.93 bits per heavy atom. The third-order valence-electron chi connectivity index (χ3n) is 3.05. The first kappa shape index (κ1) is 10.4. The van der Waals surface area contributed by atoms with Crippen LogP contribution in [0, 0.1) is 5.92 Å². The molecule has 0 spiro atoms. The largest absolute Gasteiger partial charge is 0.396 e. The highest BCUT2D eigenvalue weighted by Crippen LogP contribution is 2.42. The summed E-state index contributed by atoms with van der Waals surface area (Å²) in [5.41, 5.74) is 0. The Hall–Kier alpha value is -0.160. The first-order valence-electron chi connectivity index (χ1n) is 5.18. The van der Waals surface area contributed by atoms with Crippen LogP contribution < -0.4 is 0 Å². The SMILES string of the molecule is CC1(C)O[C@H]2[C@@H](CCO)C[C@H](O)[C@H]2O1. The van der Waals surface area contributed by atoms with E-state index in [1.165, 1.54) is 0 Å². The third kappa shape index (κ3) is 1.67. The quantitative estimate of drug-likeness (QED) is 0.675. The van der Waals surface area contributed by atoms with Crippen LogP contribution in [0.5, 0.6) is 0 Å². The average Bonchev–Trinajstić information content (AvgIpc) is 2.51. The molecule has 2 N–H and O–H groups in total. The van der Waals surface area contributed by atoms with Crippen LogP contribution in [-0.2, 0) is 9.47 Å². The van der Waals surface area contributed by atoms with Crippen molar-refractivity contribution in [3.05, 3.63) is 0 Å². The van der Waals surface area contributed by atoms with Crippen LogP contribution in [0.3, 0.4) is 0 Å². The normalized spacial score (nSPS) is 45.4. The molecule has 1 aliphatic heterocycles. The van der Waals surface area contributed by atoms with Gasteiger partial charge in [0.15, 0.2) is 5.79 Å². The molecule has 1 heterocycles. The Labute approximate surface area is 83.8 Å². The van der Waals surface area contributed by atoms with Crippen molar-refractivity contribution in [1.29, 1.82) is 0 Å². The summed E-state index contributed by atoms with van der Waals surface area (Å²) < 4.78 is 11.3. The maximum absolute atomic E-state index is 9.74. The topological polar surface area (TPSA) is 58.9 Å². The predicted octanol–water partition coefficient (Wildman–Crippen LogP) is 0.270. The molecule has 2 rings (SSSR count). The number of hydrogen-bond donors (Lipinski definition) is 2. The van der Waals surface area contributed by atoms with Gasteiger partial charge in [0.05, 0.1) is 12.2 Å². The Morgan fingerprint density at radius 1 is 1.29 bits per heavy atom. The van der Waals surface area contributed by atoms with E-state index in [1.54, 1.807) is 0 Å². The fourth-order valence-electron chi connectivity index (χ4n) is 2.51. The van der Waals surface area contributed by atoms with Gasteiger partial charge in [-0.1, -0.05) is 0 Å². The molecule has 14 heavy (non-hydrogen) atoms. The smallest absolute Gasteiger partial charge is 0.163 e. The monoisotopic (exact) mass is 202 g/mol. The minimum atomic E-state index is -0.593. The van der Waals surface area contributed by atoms with Crippen LogP contribution in [0.25, 0.3) is 0 Å². The summed E-state index contributed by atoms with van der Waals surface area (Å²) in [6.07, 6.45) is 0.649. The van der Waals surface area contributed by atoms with Gasteiger partial charge >= 0.3 is 0 Å². The Morgan fingerprint density at radius 3 is 2.57 bits per heavy atom. The zero-order valence-corrected chi connectivity index (χ0v) is 8.64. The highest BCUT2D eigenvalue weighted by Gasteiger charge is 2.53. The molecule has 4 atom stereocenters. The zero-order valence-electron chi connectivity index (χ0n) is 8.64. The van der Waals surface area contributed by atoms with Gasteiger partial charge in [0.25, 0.3) is 0 Å². The van der Waals surface area contributed by atoms with Crippen molar-refractivity contribution < 1.29 is 19.7 Å². The zero-order chi connectivity index (χ0) is 10.3. The van der Waals surface area contributed by atoms with Crippen LogP contribution in [0.4, 0.5) is 0 Å². The molecule has 2 aliphatic rings. The summed E-state index contributed by atoms with van der Waals surface area (Å²) in [6.45, 7) is 3.85. The van der Waals surface area contributed by atoms with E-state index in [2.05, 4.69) is 0 Å². The van der Waals surface area contributed by atoms with E-state index < -0.39 is 11.9 Å². The molecular formula is C10H18O4. The van der Waals surface area contributed by atoms with E-state index in [0.29, 0.717) is 12.8 Å². The molecule has 0 aromatic heterocycles. The van der Waals surface area contributed by atoms with E-state index in [4.69, 9.17) is 14.6 Å². The number of aliphatic hydroxyl groups is 2. The average molecular weight is 202 g/mol. The van der Waals surface area contributed by atoms with Crippen molar-refractivity contribution in [1.82, 2.24) is 0 Å². The standard InChI is InChI=1S/C10H18O4/c1-10(2)13-8-6(3-4-11)5-7(12)9(8)14-10/h6-9,11-12H,3-5H2,1-2H3/t6-,7-,8-,9+/m0/s1. The van der Waals surface area contributed by atoms with Gasteiger partial charge in [-0.2, -0.15) is 0 Å². The van der Waals surface area contributed by atoms with Crippen LogP contribution in [0.1, 0.15) is 26.7 Å². The van der Waals surface area contributed by atoms with Gasteiger partial charge in [-0.3, -0.25) is 0 Å². The molecule has 1 saturated heterocycles. The molecule has 0 aromatic carbocycles. The number of ether oxygens (including phenoxy) is 2. The molecular weight excluding hydrogens is 184 g/mol. The summed E-state index contributed by atoms with van der Waals surface area (Å²) in [5.74, 6) is -0.369. The van der Waals surface area contributed by atoms with Gasteiger partial charge in [-0.15, -0.1) is 0 Å². The van der Waals surface area contributed by atoms with Crippen LogP contribution in [0.15, 0.2) is 0 Å². The molecule has 1 saturated carbocycles. The molecule has 0 bridgehead atoms. The van der Waals surface area contributed by atoms with Crippen molar-refractivity contribution in [3.63, 3.8) is 0 Å². The minimum Gasteiger partial charge on any atom is -0.396 e. The molecule has 1 aliphatic carbocycles. The van der Waals surface area contributed by atoms with Gasteiger partial charge in [0, 0.05) is 6.61 Å². The first-order valence-corrected chi connectivity index (χ1v) is 5.18. The second-order valence-electron chi connectivity index (χ2n) is 4.64. The molecule has 0 unspecified atom stereocenters. The highest BCUT2D eigenvalue weighted by molar-refractivity contribution is 4.98. The van der Waals surface area contributed by atoms with Crippen molar-refractivity contribution >= 4 is 0 Å². The van der Waals surface area contributed by atoms with Crippen molar-refractivity contribution in [3.8, 4) is 0 Å². The van der Waals surface area contributed by atoms with Crippen LogP contribution in [-0.4, -0.2) is 40.9 Å². The third-order valence-corrected chi connectivity index (χ3v) is 3.05. The molecule has 4 nitrogen and oxygen atoms in total. The van der Waals surface area contributed by atoms with Crippen molar-refractivity contribution in [2.24, 2.45) is 5.92 Å². The highest BCUT2D eigenvalue weighted by atomic mass is 16.8. The van der Waals surface area contributed by atoms with Gasteiger partial charge in [0.2, 0.25) is 0 Å². The molecule has 2 fully saturated rings. The number of hydrogen-bond acceptors (Lipinski definition) is 4. The van der Waals surface area contributed by atoms with E-state index in [-0.39, 0.29) is 24.7 Å².